The van der Waals surface area contributed by atoms with Gasteiger partial charge in [-0.2, -0.15) is 0 Å². The number of carbonyl (C=O) groups excluding carboxylic acids is 2. The number of amides is 1. The molecule has 1 amide bonds. The van der Waals surface area contributed by atoms with Gasteiger partial charge in [-0.3, -0.25) is 9.59 Å². The van der Waals surface area contributed by atoms with Gasteiger partial charge in [0.15, 0.2) is 5.78 Å². The molecular weight excluding hydrogens is 290 g/mol. The van der Waals surface area contributed by atoms with Crippen LogP contribution in [0.5, 0.6) is 5.75 Å². The summed E-state index contributed by atoms with van der Waals surface area (Å²) in [7, 11) is 1.60. The van der Waals surface area contributed by atoms with Gasteiger partial charge in [-0.1, -0.05) is 30.3 Å². The van der Waals surface area contributed by atoms with Gasteiger partial charge in [-0.25, -0.2) is 0 Å². The smallest absolute Gasteiger partial charge is 0.240 e. The Labute approximate surface area is 135 Å². The third-order valence-corrected chi connectivity index (χ3v) is 4.47. The van der Waals surface area contributed by atoms with Gasteiger partial charge in [0, 0.05) is 17.8 Å². The summed E-state index contributed by atoms with van der Waals surface area (Å²) in [6.45, 7) is 2.29. The van der Waals surface area contributed by atoms with Gasteiger partial charge in [0.2, 0.25) is 5.91 Å². The van der Waals surface area contributed by atoms with Gasteiger partial charge in [-0.05, 0) is 37.6 Å². The van der Waals surface area contributed by atoms with E-state index in [0.29, 0.717) is 18.5 Å². The summed E-state index contributed by atoms with van der Waals surface area (Å²) in [5, 5.41) is 0. The number of methoxy groups -OCH3 is 1. The Bertz CT molecular complexity index is 724. The quantitative estimate of drug-likeness (QED) is 0.643. The van der Waals surface area contributed by atoms with Crippen LogP contribution in [0.1, 0.15) is 23.7 Å². The molecule has 0 aromatic heterocycles. The fourth-order valence-electron chi connectivity index (χ4n) is 2.97. The van der Waals surface area contributed by atoms with Crippen molar-refractivity contribution in [3.05, 3.63) is 60.2 Å². The molecule has 0 aliphatic carbocycles. The summed E-state index contributed by atoms with van der Waals surface area (Å²) in [5.41, 5.74) is 0.377. The molecule has 0 radical (unpaired) electrons. The largest absolute Gasteiger partial charge is 0.497 e. The first-order valence-electron chi connectivity index (χ1n) is 7.62. The van der Waals surface area contributed by atoms with E-state index in [2.05, 4.69) is 0 Å². The molecule has 1 fully saturated rings. The zero-order valence-electron chi connectivity index (χ0n) is 13.3. The lowest BCUT2D eigenvalue weighted by Gasteiger charge is -2.22. The Morgan fingerprint density at radius 2 is 1.74 bits per heavy atom. The van der Waals surface area contributed by atoms with Crippen molar-refractivity contribution in [2.75, 3.05) is 18.6 Å². The summed E-state index contributed by atoms with van der Waals surface area (Å²) >= 11 is 0. The molecule has 23 heavy (non-hydrogen) atoms. The number of Topliss-reactive ketones (excluding diaryl/α,β-unsaturated/α-hetero) is 1. The monoisotopic (exact) mass is 309 g/mol. The number of hydrogen-bond acceptors (Lipinski definition) is 3. The fraction of sp³-hybridized carbons (Fsp3) is 0.263. The van der Waals surface area contributed by atoms with E-state index in [1.165, 1.54) is 0 Å². The predicted molar refractivity (Wildman–Crippen MR) is 88.8 cm³/mol. The van der Waals surface area contributed by atoms with Crippen molar-refractivity contribution in [2.45, 2.75) is 13.3 Å². The maximum Gasteiger partial charge on any atom is 0.240 e. The number of nitrogens with zero attached hydrogens (tertiary/aromatic N) is 1. The maximum absolute atomic E-state index is 12.9. The van der Waals surface area contributed by atoms with Crippen molar-refractivity contribution in [1.82, 2.24) is 0 Å². The molecular formula is C19H19NO3. The normalized spacial score (nSPS) is 20.6. The molecule has 1 heterocycles. The van der Waals surface area contributed by atoms with Crippen LogP contribution in [0.3, 0.4) is 0 Å². The van der Waals surface area contributed by atoms with Gasteiger partial charge in [0.05, 0.1) is 7.11 Å². The standard InChI is InChI=1S/C19H19NO3/c1-19(17(21)14-6-4-3-5-7-14)12-13-20(18(19)22)15-8-10-16(23-2)11-9-15/h3-11H,12-13H2,1-2H3. The van der Waals surface area contributed by atoms with Crippen LogP contribution in [0.15, 0.2) is 54.6 Å². The summed E-state index contributed by atoms with van der Waals surface area (Å²) in [4.78, 5) is 27.3. The highest BCUT2D eigenvalue weighted by molar-refractivity contribution is 6.19. The Morgan fingerprint density at radius 1 is 1.09 bits per heavy atom. The van der Waals surface area contributed by atoms with Crippen LogP contribution in [-0.4, -0.2) is 25.3 Å². The van der Waals surface area contributed by atoms with E-state index in [0.717, 1.165) is 11.4 Å². The van der Waals surface area contributed by atoms with Crippen LogP contribution in [0.4, 0.5) is 5.69 Å². The number of hydrogen-bond donors (Lipinski definition) is 0. The van der Waals surface area contributed by atoms with Crippen molar-refractivity contribution in [3.63, 3.8) is 0 Å². The lowest BCUT2D eigenvalue weighted by Crippen LogP contribution is -2.38. The molecule has 1 aliphatic heterocycles. The van der Waals surface area contributed by atoms with E-state index in [4.69, 9.17) is 4.74 Å². The van der Waals surface area contributed by atoms with Gasteiger partial charge < -0.3 is 9.64 Å². The molecule has 2 aromatic carbocycles. The Balaban J connectivity index is 1.86. The summed E-state index contributed by atoms with van der Waals surface area (Å²) in [6.07, 6.45) is 0.519. The number of ether oxygens (including phenoxy) is 1. The summed E-state index contributed by atoms with van der Waals surface area (Å²) < 4.78 is 5.14. The lowest BCUT2D eigenvalue weighted by atomic mass is 9.81. The zero-order chi connectivity index (χ0) is 16.4. The zero-order valence-corrected chi connectivity index (χ0v) is 13.3. The molecule has 1 unspecified atom stereocenters. The molecule has 118 valence electrons. The van der Waals surface area contributed by atoms with E-state index >= 15 is 0 Å². The van der Waals surface area contributed by atoms with E-state index in [9.17, 15) is 9.59 Å². The first-order chi connectivity index (χ1) is 11.1. The molecule has 2 aromatic rings. The van der Waals surface area contributed by atoms with Gasteiger partial charge >= 0.3 is 0 Å². The van der Waals surface area contributed by atoms with E-state index in [1.54, 1.807) is 31.1 Å². The average molecular weight is 309 g/mol. The highest BCUT2D eigenvalue weighted by Crippen LogP contribution is 2.37. The number of ketones is 1. The Hall–Kier alpha value is -2.62. The number of anilines is 1. The molecule has 4 heteroatoms. The SMILES string of the molecule is COc1ccc(N2CCC(C)(C(=O)c3ccccc3)C2=O)cc1. The second kappa shape index (κ2) is 5.88. The molecule has 0 N–H and O–H groups in total. The summed E-state index contributed by atoms with van der Waals surface area (Å²) in [6, 6.07) is 16.3. The molecule has 0 saturated carbocycles. The van der Waals surface area contributed by atoms with Crippen LogP contribution < -0.4 is 9.64 Å². The molecule has 1 atom stereocenters. The predicted octanol–water partition coefficient (Wildman–Crippen LogP) is 3.32. The van der Waals surface area contributed by atoms with Crippen molar-refractivity contribution in [2.24, 2.45) is 5.41 Å². The molecule has 1 saturated heterocycles. The van der Waals surface area contributed by atoms with Crippen LogP contribution in [0.25, 0.3) is 0 Å². The number of carbonyl (C=O) groups is 2. The minimum absolute atomic E-state index is 0.112. The highest BCUT2D eigenvalue weighted by atomic mass is 16.5. The minimum atomic E-state index is -0.999. The molecule has 0 spiro atoms. The van der Waals surface area contributed by atoms with E-state index < -0.39 is 5.41 Å². The Kier molecular flexibility index (Phi) is 3.90. The first-order valence-corrected chi connectivity index (χ1v) is 7.62. The van der Waals surface area contributed by atoms with Crippen LogP contribution in [0.2, 0.25) is 0 Å². The van der Waals surface area contributed by atoms with Crippen LogP contribution >= 0.6 is 0 Å². The van der Waals surface area contributed by atoms with Crippen molar-refractivity contribution in [1.29, 1.82) is 0 Å². The van der Waals surface area contributed by atoms with Crippen molar-refractivity contribution in [3.8, 4) is 5.75 Å². The van der Waals surface area contributed by atoms with E-state index in [1.807, 2.05) is 42.5 Å². The van der Waals surface area contributed by atoms with Crippen molar-refractivity contribution >= 4 is 17.4 Å². The van der Waals surface area contributed by atoms with E-state index in [-0.39, 0.29) is 11.7 Å². The molecule has 4 nitrogen and oxygen atoms in total. The molecule has 0 bridgehead atoms. The van der Waals surface area contributed by atoms with Crippen LogP contribution in [-0.2, 0) is 4.79 Å². The molecule has 1 aliphatic rings. The second-order valence-corrected chi connectivity index (χ2v) is 5.93. The number of benzene rings is 2. The van der Waals surface area contributed by atoms with Gasteiger partial charge in [0.25, 0.3) is 0 Å². The number of rotatable bonds is 4. The van der Waals surface area contributed by atoms with Gasteiger partial charge in [0.1, 0.15) is 11.2 Å². The lowest BCUT2D eigenvalue weighted by molar-refractivity contribution is -0.122. The second-order valence-electron chi connectivity index (χ2n) is 5.93. The highest BCUT2D eigenvalue weighted by Gasteiger charge is 2.49. The third-order valence-electron chi connectivity index (χ3n) is 4.47. The average Bonchev–Trinajstić information content (AvgIpc) is 2.91. The van der Waals surface area contributed by atoms with Crippen LogP contribution in [0, 0.1) is 5.41 Å². The fourth-order valence-corrected chi connectivity index (χ4v) is 2.97. The summed E-state index contributed by atoms with van der Waals surface area (Å²) in [5.74, 6) is 0.485. The van der Waals surface area contributed by atoms with Crippen molar-refractivity contribution < 1.29 is 14.3 Å². The Morgan fingerprint density at radius 3 is 2.35 bits per heavy atom. The maximum atomic E-state index is 12.9. The molecule has 3 rings (SSSR count). The first kappa shape index (κ1) is 15.3. The third kappa shape index (κ3) is 2.61. The minimum Gasteiger partial charge on any atom is -0.497 e. The van der Waals surface area contributed by atoms with Gasteiger partial charge in [-0.15, -0.1) is 0 Å². The topological polar surface area (TPSA) is 46.6 Å².